The zero-order chi connectivity index (χ0) is 15.6. The number of rotatable bonds is 6. The zero-order valence-corrected chi connectivity index (χ0v) is 15.5. The molecule has 1 aromatic carbocycles. The first-order valence-electron chi connectivity index (χ1n) is 5.85. The Morgan fingerprint density at radius 1 is 1.35 bits per heavy atom. The predicted molar refractivity (Wildman–Crippen MR) is 86.2 cm³/mol. The van der Waals surface area contributed by atoms with Gasteiger partial charge in [-0.2, -0.15) is 0 Å². The van der Waals surface area contributed by atoms with Crippen molar-refractivity contribution in [2.75, 3.05) is 27.2 Å². The number of aliphatic hydroxyl groups is 1. The van der Waals surface area contributed by atoms with Gasteiger partial charge in [-0.3, -0.25) is 0 Å². The van der Waals surface area contributed by atoms with Crippen LogP contribution in [0.15, 0.2) is 32.0 Å². The monoisotopic (exact) mass is 428 g/mol. The first kappa shape index (κ1) is 18.1. The molecule has 1 unspecified atom stereocenters. The average molecular weight is 430 g/mol. The highest BCUT2D eigenvalue weighted by Gasteiger charge is 2.26. The lowest BCUT2D eigenvalue weighted by molar-refractivity contribution is 0.0386. The first-order valence-corrected chi connectivity index (χ1v) is 8.92. The van der Waals surface area contributed by atoms with Gasteiger partial charge in [0.2, 0.25) is 10.0 Å². The number of nitrogens with one attached hydrogen (secondary N) is 1. The second-order valence-corrected chi connectivity index (χ2v) is 8.64. The summed E-state index contributed by atoms with van der Waals surface area (Å²) in [4.78, 5) is 1.93. The number of hydrogen-bond donors (Lipinski definition) is 2. The molecule has 0 aliphatic heterocycles. The molecule has 1 atom stereocenters. The van der Waals surface area contributed by atoms with E-state index in [0.717, 1.165) is 0 Å². The molecule has 1 aromatic rings. The van der Waals surface area contributed by atoms with Gasteiger partial charge in [0.1, 0.15) is 0 Å². The Morgan fingerprint density at radius 2 is 1.95 bits per heavy atom. The van der Waals surface area contributed by atoms with Crippen molar-refractivity contribution >= 4 is 41.9 Å². The van der Waals surface area contributed by atoms with Crippen LogP contribution in [0.3, 0.4) is 0 Å². The lowest BCUT2D eigenvalue weighted by Gasteiger charge is -2.27. The summed E-state index contributed by atoms with van der Waals surface area (Å²) < 4.78 is 28.1. The van der Waals surface area contributed by atoms with Crippen LogP contribution in [-0.2, 0) is 10.0 Å². The predicted octanol–water partition coefficient (Wildman–Crippen LogP) is 1.80. The van der Waals surface area contributed by atoms with Crippen molar-refractivity contribution in [1.82, 2.24) is 9.62 Å². The van der Waals surface area contributed by atoms with E-state index in [1.807, 2.05) is 14.1 Å². The molecule has 0 bridgehead atoms. The fourth-order valence-corrected chi connectivity index (χ4v) is 4.41. The molecule has 0 aliphatic rings. The van der Waals surface area contributed by atoms with Crippen LogP contribution >= 0.6 is 31.9 Å². The van der Waals surface area contributed by atoms with Gasteiger partial charge >= 0.3 is 0 Å². The van der Waals surface area contributed by atoms with Gasteiger partial charge in [0.05, 0.1) is 10.5 Å². The van der Waals surface area contributed by atoms with Crippen LogP contribution in [0.4, 0.5) is 0 Å². The lowest BCUT2D eigenvalue weighted by atomic mass is 10.1. The Kier molecular flexibility index (Phi) is 6.18. The normalized spacial score (nSPS) is 15.3. The molecule has 0 amide bonds. The Hall–Kier alpha value is 0.01000. The van der Waals surface area contributed by atoms with Crippen molar-refractivity contribution in [2.24, 2.45) is 0 Å². The first-order chi connectivity index (χ1) is 9.03. The van der Waals surface area contributed by atoms with Crippen LogP contribution in [0.2, 0.25) is 0 Å². The van der Waals surface area contributed by atoms with E-state index in [2.05, 4.69) is 36.6 Å². The Balaban J connectivity index is 2.88. The molecule has 0 fully saturated rings. The zero-order valence-electron chi connectivity index (χ0n) is 11.5. The van der Waals surface area contributed by atoms with Crippen LogP contribution in [0.5, 0.6) is 0 Å². The fraction of sp³-hybridized carbons (Fsp3) is 0.500. The van der Waals surface area contributed by atoms with E-state index >= 15 is 0 Å². The van der Waals surface area contributed by atoms with E-state index < -0.39 is 15.6 Å². The van der Waals surface area contributed by atoms with Crippen molar-refractivity contribution in [2.45, 2.75) is 17.4 Å². The Bertz CT molecular complexity index is 574. The maximum atomic E-state index is 12.3. The van der Waals surface area contributed by atoms with Gasteiger partial charge in [-0.15, -0.1) is 0 Å². The summed E-state index contributed by atoms with van der Waals surface area (Å²) in [6, 6.07) is 4.90. The fourth-order valence-electron chi connectivity index (χ4n) is 1.75. The molecule has 20 heavy (non-hydrogen) atoms. The SMILES string of the molecule is CN(C)CC(C)(O)CNS(=O)(=O)c1cc(Br)ccc1Br. The maximum Gasteiger partial charge on any atom is 0.241 e. The second kappa shape index (κ2) is 6.85. The van der Waals surface area contributed by atoms with E-state index in [4.69, 9.17) is 0 Å². The van der Waals surface area contributed by atoms with Gasteiger partial charge < -0.3 is 10.0 Å². The van der Waals surface area contributed by atoms with Gasteiger partial charge in [-0.1, -0.05) is 15.9 Å². The highest BCUT2D eigenvalue weighted by Crippen LogP contribution is 2.25. The molecule has 0 aliphatic carbocycles. The van der Waals surface area contributed by atoms with Crippen molar-refractivity contribution in [1.29, 1.82) is 0 Å². The number of halogens is 2. The minimum atomic E-state index is -3.69. The van der Waals surface area contributed by atoms with Crippen LogP contribution < -0.4 is 4.72 Å². The summed E-state index contributed by atoms with van der Waals surface area (Å²) in [5.41, 5.74) is -1.14. The largest absolute Gasteiger partial charge is 0.387 e. The van der Waals surface area contributed by atoms with Crippen LogP contribution in [0, 0.1) is 0 Å². The molecule has 0 saturated carbocycles. The van der Waals surface area contributed by atoms with E-state index in [1.165, 1.54) is 6.07 Å². The number of benzene rings is 1. The number of nitrogens with zero attached hydrogens (tertiary/aromatic N) is 1. The van der Waals surface area contributed by atoms with Crippen LogP contribution in [0.1, 0.15) is 6.92 Å². The third-order valence-corrected chi connectivity index (χ3v) is 5.37. The molecular formula is C12H18Br2N2O3S. The molecule has 0 heterocycles. The van der Waals surface area contributed by atoms with Gasteiger partial charge in [-0.25, -0.2) is 13.1 Å². The summed E-state index contributed by atoms with van der Waals surface area (Å²) in [5, 5.41) is 10.1. The summed E-state index contributed by atoms with van der Waals surface area (Å²) >= 11 is 6.46. The summed E-state index contributed by atoms with van der Waals surface area (Å²) in [6.07, 6.45) is 0. The van der Waals surface area contributed by atoms with Gasteiger partial charge in [0.25, 0.3) is 0 Å². The van der Waals surface area contributed by atoms with Gasteiger partial charge in [0, 0.05) is 22.0 Å². The third-order valence-electron chi connectivity index (χ3n) is 2.48. The molecule has 2 N–H and O–H groups in total. The van der Waals surface area contributed by atoms with E-state index in [1.54, 1.807) is 24.0 Å². The van der Waals surface area contributed by atoms with E-state index in [9.17, 15) is 13.5 Å². The number of hydrogen-bond acceptors (Lipinski definition) is 4. The number of sulfonamides is 1. The molecular weight excluding hydrogens is 412 g/mol. The number of likely N-dealkylation sites (N-methyl/N-ethyl adjacent to an activating group) is 1. The summed E-state index contributed by atoms with van der Waals surface area (Å²) in [7, 11) is -0.0611. The molecule has 0 aromatic heterocycles. The molecule has 5 nitrogen and oxygen atoms in total. The second-order valence-electron chi connectivity index (χ2n) is 5.13. The topological polar surface area (TPSA) is 69.6 Å². The van der Waals surface area contributed by atoms with Gasteiger partial charge in [0.15, 0.2) is 0 Å². The quantitative estimate of drug-likeness (QED) is 0.723. The minimum Gasteiger partial charge on any atom is -0.387 e. The molecule has 114 valence electrons. The Labute approximate surface area is 136 Å². The maximum absolute atomic E-state index is 12.3. The van der Waals surface area contributed by atoms with E-state index in [0.29, 0.717) is 15.5 Å². The van der Waals surface area contributed by atoms with Crippen LogP contribution in [-0.4, -0.2) is 51.2 Å². The molecule has 0 spiro atoms. The standard InChI is InChI=1S/C12H18Br2N2O3S/c1-12(17,8-16(2)3)7-15-20(18,19)11-6-9(13)4-5-10(11)14/h4-6,15,17H,7-8H2,1-3H3. The van der Waals surface area contributed by atoms with Crippen molar-refractivity contribution < 1.29 is 13.5 Å². The highest BCUT2D eigenvalue weighted by molar-refractivity contribution is 9.11. The summed E-state index contributed by atoms with van der Waals surface area (Å²) in [5.74, 6) is 0. The molecule has 0 radical (unpaired) electrons. The lowest BCUT2D eigenvalue weighted by Crippen LogP contribution is -2.47. The molecule has 1 rings (SSSR count). The Morgan fingerprint density at radius 3 is 2.50 bits per heavy atom. The highest BCUT2D eigenvalue weighted by atomic mass is 79.9. The van der Waals surface area contributed by atoms with Gasteiger partial charge in [-0.05, 0) is 55.1 Å². The van der Waals surface area contributed by atoms with Crippen LogP contribution in [0.25, 0.3) is 0 Å². The smallest absolute Gasteiger partial charge is 0.241 e. The minimum absolute atomic E-state index is 0.0630. The van der Waals surface area contributed by atoms with Crippen molar-refractivity contribution in [3.63, 3.8) is 0 Å². The molecule has 0 saturated heterocycles. The third kappa shape index (κ3) is 5.42. The van der Waals surface area contributed by atoms with Crippen molar-refractivity contribution in [3.05, 3.63) is 27.1 Å². The summed E-state index contributed by atoms with van der Waals surface area (Å²) in [6.45, 7) is 1.88. The van der Waals surface area contributed by atoms with Crippen molar-refractivity contribution in [3.8, 4) is 0 Å². The molecule has 8 heteroatoms. The van der Waals surface area contributed by atoms with E-state index in [-0.39, 0.29) is 11.4 Å². The average Bonchev–Trinajstić information content (AvgIpc) is 2.28.